The normalized spacial score (nSPS) is 17.4. The number of aromatic nitrogens is 4. The van der Waals surface area contributed by atoms with Crippen LogP contribution < -0.4 is 10.6 Å². The number of fused-ring (bicyclic) bond motifs is 1. The average Bonchev–Trinajstić information content (AvgIpc) is 3.87. The zero-order valence-corrected chi connectivity index (χ0v) is 25.7. The van der Waals surface area contributed by atoms with Gasteiger partial charge in [0.15, 0.2) is 15.5 Å². The van der Waals surface area contributed by atoms with E-state index in [1.165, 1.54) is 24.4 Å². The maximum absolute atomic E-state index is 15.2. The molecule has 2 aliphatic rings. The Labute approximate surface area is 264 Å². The van der Waals surface area contributed by atoms with Gasteiger partial charge in [-0.05, 0) is 50.1 Å². The smallest absolute Gasteiger partial charge is 0.350 e. The topological polar surface area (TPSA) is 118 Å². The molecule has 1 saturated carbocycles. The van der Waals surface area contributed by atoms with Crippen LogP contribution in [0.1, 0.15) is 25.3 Å². The lowest BCUT2D eigenvalue weighted by Crippen LogP contribution is -2.54. The standard InChI is InChI=1S/C30H25ClF4N6O4S/c1-3-24(42)39-11-12-40(16(2)15-39)27-18-13-20(31)26(25-19(30(33,34)35)5-4-6-21(25)32)37-28(18)41(29(43)38-27)22-14-36-10-9-23(22)46(44,45)17-7-8-17/h3-6,9-10,13-14,16-17H,1,7-8,11-12,15H2,2H3/t16-/m0/s1. The van der Waals surface area contributed by atoms with Gasteiger partial charge in [0.2, 0.25) is 5.91 Å². The van der Waals surface area contributed by atoms with Crippen LogP contribution >= 0.6 is 11.6 Å². The van der Waals surface area contributed by atoms with Gasteiger partial charge in [-0.3, -0.25) is 9.78 Å². The van der Waals surface area contributed by atoms with Gasteiger partial charge in [0, 0.05) is 37.4 Å². The van der Waals surface area contributed by atoms with Crippen molar-refractivity contribution in [1.29, 1.82) is 0 Å². The minimum atomic E-state index is -4.99. The van der Waals surface area contributed by atoms with E-state index in [-0.39, 0.29) is 58.0 Å². The van der Waals surface area contributed by atoms with Crippen LogP contribution in [-0.4, -0.2) is 69.7 Å². The van der Waals surface area contributed by atoms with E-state index in [0.29, 0.717) is 18.9 Å². The molecule has 0 N–H and O–H groups in total. The van der Waals surface area contributed by atoms with Crippen molar-refractivity contribution in [2.45, 2.75) is 42.1 Å². The third-order valence-electron chi connectivity index (χ3n) is 8.01. The van der Waals surface area contributed by atoms with E-state index in [2.05, 4.69) is 21.5 Å². The predicted octanol–water partition coefficient (Wildman–Crippen LogP) is 4.81. The van der Waals surface area contributed by atoms with Gasteiger partial charge in [-0.25, -0.2) is 27.2 Å². The van der Waals surface area contributed by atoms with Gasteiger partial charge < -0.3 is 9.80 Å². The van der Waals surface area contributed by atoms with Crippen LogP contribution in [0.15, 0.2) is 65.1 Å². The highest BCUT2D eigenvalue weighted by Crippen LogP contribution is 2.42. The van der Waals surface area contributed by atoms with Crippen molar-refractivity contribution in [3.05, 3.63) is 82.3 Å². The van der Waals surface area contributed by atoms with E-state index < -0.39 is 55.6 Å². The van der Waals surface area contributed by atoms with Gasteiger partial charge in [-0.15, -0.1) is 0 Å². The Balaban J connectivity index is 1.66. The summed E-state index contributed by atoms with van der Waals surface area (Å²) >= 11 is 6.55. The number of sulfone groups is 1. The van der Waals surface area contributed by atoms with Gasteiger partial charge >= 0.3 is 11.9 Å². The van der Waals surface area contributed by atoms with E-state index in [0.717, 1.165) is 22.9 Å². The molecule has 1 amide bonds. The summed E-state index contributed by atoms with van der Waals surface area (Å²) in [5.41, 5.74) is -4.45. The number of nitrogens with zero attached hydrogens (tertiary/aromatic N) is 6. The number of rotatable bonds is 6. The predicted molar refractivity (Wildman–Crippen MR) is 162 cm³/mol. The number of carbonyl (C=O) groups is 1. The fourth-order valence-electron chi connectivity index (χ4n) is 5.66. The fraction of sp³-hybridized carbons (Fsp3) is 0.300. The fourth-order valence-corrected chi connectivity index (χ4v) is 7.71. The molecule has 2 fully saturated rings. The Hall–Kier alpha value is -4.37. The van der Waals surface area contributed by atoms with Crippen molar-refractivity contribution in [1.82, 2.24) is 24.4 Å². The second-order valence-corrected chi connectivity index (χ2v) is 13.6. The van der Waals surface area contributed by atoms with Crippen molar-refractivity contribution in [3.8, 4) is 16.9 Å². The first-order valence-corrected chi connectivity index (χ1v) is 16.0. The number of hydrogen-bond acceptors (Lipinski definition) is 8. The number of carbonyl (C=O) groups excluding carboxylic acids is 1. The maximum Gasteiger partial charge on any atom is 0.417 e. The largest absolute Gasteiger partial charge is 0.417 e. The summed E-state index contributed by atoms with van der Waals surface area (Å²) in [5.74, 6) is -1.50. The van der Waals surface area contributed by atoms with E-state index >= 15 is 4.39 Å². The lowest BCUT2D eigenvalue weighted by Gasteiger charge is -2.40. The van der Waals surface area contributed by atoms with Crippen molar-refractivity contribution in [3.63, 3.8) is 0 Å². The van der Waals surface area contributed by atoms with Crippen molar-refractivity contribution in [2.24, 2.45) is 0 Å². The second-order valence-electron chi connectivity index (χ2n) is 11.0. The average molecular weight is 677 g/mol. The molecule has 10 nitrogen and oxygen atoms in total. The SMILES string of the molecule is C=CC(=O)N1CCN(c2nc(=O)n(-c3cnccc3S(=O)(=O)C3CC3)c3nc(-c4c(F)cccc4C(F)(F)F)c(Cl)cc23)[C@@H](C)C1. The van der Waals surface area contributed by atoms with Crippen LogP contribution in [0.25, 0.3) is 28.0 Å². The Morgan fingerprint density at radius 2 is 1.89 bits per heavy atom. The van der Waals surface area contributed by atoms with Crippen LogP contribution in [0.3, 0.4) is 0 Å². The second kappa shape index (κ2) is 11.5. The Morgan fingerprint density at radius 3 is 2.54 bits per heavy atom. The van der Waals surface area contributed by atoms with E-state index in [9.17, 15) is 31.2 Å². The third-order valence-corrected chi connectivity index (χ3v) is 10.6. The first-order valence-electron chi connectivity index (χ1n) is 14.1. The number of benzene rings is 1. The Kier molecular flexibility index (Phi) is 7.87. The molecule has 1 aromatic carbocycles. The quantitative estimate of drug-likeness (QED) is 0.211. The maximum atomic E-state index is 15.2. The van der Waals surface area contributed by atoms with Crippen LogP contribution in [-0.2, 0) is 20.8 Å². The number of alkyl halides is 3. The molecule has 0 bridgehead atoms. The zero-order chi connectivity index (χ0) is 33.1. The number of pyridine rings is 2. The van der Waals surface area contributed by atoms with Crippen molar-refractivity contribution >= 4 is 44.2 Å². The molecule has 0 radical (unpaired) electrons. The summed E-state index contributed by atoms with van der Waals surface area (Å²) in [6.07, 6.45) is -0.611. The molecule has 1 aliphatic heterocycles. The minimum Gasteiger partial charge on any atom is -0.350 e. The molecule has 16 heteroatoms. The number of halogens is 5. The molecule has 0 spiro atoms. The van der Waals surface area contributed by atoms with E-state index in [4.69, 9.17) is 11.6 Å². The highest BCUT2D eigenvalue weighted by molar-refractivity contribution is 7.92. The Morgan fingerprint density at radius 1 is 1.15 bits per heavy atom. The molecular weight excluding hydrogens is 652 g/mol. The van der Waals surface area contributed by atoms with Crippen molar-refractivity contribution < 1.29 is 30.8 Å². The molecule has 1 aliphatic carbocycles. The van der Waals surface area contributed by atoms with Gasteiger partial charge in [-0.2, -0.15) is 18.2 Å². The molecule has 240 valence electrons. The summed E-state index contributed by atoms with van der Waals surface area (Å²) in [6, 6.07) is 4.45. The number of piperazine rings is 1. The molecule has 1 atom stereocenters. The first kappa shape index (κ1) is 31.6. The van der Waals surface area contributed by atoms with Gasteiger partial charge in [0.05, 0.1) is 43.7 Å². The van der Waals surface area contributed by atoms with Gasteiger partial charge in [0.25, 0.3) is 0 Å². The molecule has 1 saturated heterocycles. The zero-order valence-electron chi connectivity index (χ0n) is 24.1. The number of anilines is 1. The first-order chi connectivity index (χ1) is 21.7. The Bertz CT molecular complexity index is 2080. The molecule has 0 unspecified atom stereocenters. The van der Waals surface area contributed by atoms with Gasteiger partial charge in [0.1, 0.15) is 11.6 Å². The lowest BCUT2D eigenvalue weighted by atomic mass is 10.0. The molecule has 4 aromatic rings. The van der Waals surface area contributed by atoms with Crippen LogP contribution in [0.4, 0.5) is 23.4 Å². The summed E-state index contributed by atoms with van der Waals surface area (Å²) in [5, 5.41) is -0.974. The third kappa shape index (κ3) is 5.40. The summed E-state index contributed by atoms with van der Waals surface area (Å²) in [4.78, 5) is 41.8. The molecule has 6 rings (SSSR count). The van der Waals surface area contributed by atoms with E-state index in [1.54, 1.807) is 16.7 Å². The molecule has 3 aromatic heterocycles. The summed E-state index contributed by atoms with van der Waals surface area (Å²) < 4.78 is 85.1. The lowest BCUT2D eigenvalue weighted by molar-refractivity contribution is -0.137. The van der Waals surface area contributed by atoms with E-state index in [1.807, 2.05) is 0 Å². The van der Waals surface area contributed by atoms with Gasteiger partial charge in [-0.1, -0.05) is 24.2 Å². The monoisotopic (exact) mass is 676 g/mol. The van der Waals surface area contributed by atoms with Crippen LogP contribution in [0, 0.1) is 5.82 Å². The van der Waals surface area contributed by atoms with Crippen LogP contribution in [0.5, 0.6) is 0 Å². The molecule has 4 heterocycles. The van der Waals surface area contributed by atoms with Crippen LogP contribution in [0.2, 0.25) is 5.02 Å². The number of hydrogen-bond donors (Lipinski definition) is 0. The molecule has 46 heavy (non-hydrogen) atoms. The van der Waals surface area contributed by atoms with Crippen molar-refractivity contribution in [2.75, 3.05) is 24.5 Å². The number of amides is 1. The summed E-state index contributed by atoms with van der Waals surface area (Å²) in [6.45, 7) is 5.95. The highest BCUT2D eigenvalue weighted by Gasteiger charge is 2.40. The minimum absolute atomic E-state index is 0.0514. The summed E-state index contributed by atoms with van der Waals surface area (Å²) in [7, 11) is -3.94. The molecular formula is C30H25ClF4N6O4S. The highest BCUT2D eigenvalue weighted by atomic mass is 35.5.